The lowest BCUT2D eigenvalue weighted by molar-refractivity contribution is -0.116. The van der Waals surface area contributed by atoms with Gasteiger partial charge in [-0.3, -0.25) is 14.4 Å². The second-order valence-electron chi connectivity index (χ2n) is 11.1. The van der Waals surface area contributed by atoms with Gasteiger partial charge in [-0.05, 0) is 72.3 Å². The van der Waals surface area contributed by atoms with Gasteiger partial charge in [-0.2, -0.15) is 0 Å². The third kappa shape index (κ3) is 9.37. The molecule has 0 aliphatic heterocycles. The highest BCUT2D eigenvalue weighted by atomic mass is 32.2. The van der Waals surface area contributed by atoms with Crippen LogP contribution in [-0.4, -0.2) is 50.1 Å². The first-order chi connectivity index (χ1) is 25.2. The summed E-state index contributed by atoms with van der Waals surface area (Å²) >= 11 is 1.27. The van der Waals surface area contributed by atoms with Crippen LogP contribution in [0, 0.1) is 0 Å². The molecule has 12 heteroatoms. The lowest BCUT2D eigenvalue weighted by Gasteiger charge is -2.18. The van der Waals surface area contributed by atoms with E-state index in [1.54, 1.807) is 60.7 Å². The Bertz CT molecular complexity index is 2090. The molecule has 0 saturated heterocycles. The molecule has 0 aromatic heterocycles. The number of carboxylic acid groups (broad SMARTS) is 1. The molecule has 0 aliphatic rings. The van der Waals surface area contributed by atoms with Crippen molar-refractivity contribution in [2.24, 2.45) is 0 Å². The van der Waals surface area contributed by atoms with Crippen molar-refractivity contribution in [3.05, 3.63) is 149 Å². The third-order valence-corrected chi connectivity index (χ3v) is 8.90. The number of hydrogen-bond acceptors (Lipinski definition) is 8. The second-order valence-corrected chi connectivity index (χ2v) is 12.3. The van der Waals surface area contributed by atoms with Crippen molar-refractivity contribution < 1.29 is 38.5 Å². The lowest BCUT2D eigenvalue weighted by atomic mass is 10.1. The Kier molecular flexibility index (Phi) is 12.3. The van der Waals surface area contributed by atoms with Crippen molar-refractivity contribution in [2.75, 3.05) is 32.0 Å². The summed E-state index contributed by atoms with van der Waals surface area (Å²) in [6.07, 6.45) is 1.48. The summed E-state index contributed by atoms with van der Waals surface area (Å²) in [5.74, 6) is -1.33. The summed E-state index contributed by atoms with van der Waals surface area (Å²) in [6, 6.07) is 33.8. The number of methoxy groups -OCH3 is 3. The smallest absolute Gasteiger partial charge is 0.335 e. The van der Waals surface area contributed by atoms with Gasteiger partial charge in [0.1, 0.15) is 16.7 Å². The third-order valence-electron chi connectivity index (χ3n) is 7.65. The molecular formula is C40H35N3O8S. The first-order valence-corrected chi connectivity index (χ1v) is 16.7. The number of ether oxygens (including phenoxy) is 3. The van der Waals surface area contributed by atoms with Crippen LogP contribution in [0.1, 0.15) is 37.1 Å². The van der Waals surface area contributed by atoms with Crippen LogP contribution in [0.4, 0.5) is 11.4 Å². The molecule has 5 rings (SSSR count). The van der Waals surface area contributed by atoms with Gasteiger partial charge in [0.2, 0.25) is 5.91 Å². The molecule has 3 amide bonds. The van der Waals surface area contributed by atoms with Crippen molar-refractivity contribution in [1.82, 2.24) is 5.32 Å². The van der Waals surface area contributed by atoms with Crippen LogP contribution in [0.5, 0.6) is 17.2 Å². The molecule has 52 heavy (non-hydrogen) atoms. The molecule has 0 fully saturated rings. The molecule has 264 valence electrons. The van der Waals surface area contributed by atoms with Crippen molar-refractivity contribution in [2.45, 2.75) is 10.1 Å². The van der Waals surface area contributed by atoms with E-state index in [-0.39, 0.29) is 17.2 Å². The van der Waals surface area contributed by atoms with Gasteiger partial charge in [0.15, 0.2) is 11.5 Å². The summed E-state index contributed by atoms with van der Waals surface area (Å²) in [7, 11) is 4.45. The Morgan fingerprint density at radius 3 is 1.92 bits per heavy atom. The zero-order valence-electron chi connectivity index (χ0n) is 28.4. The van der Waals surface area contributed by atoms with E-state index in [0.717, 1.165) is 5.56 Å². The highest BCUT2D eigenvalue weighted by Gasteiger charge is 2.23. The van der Waals surface area contributed by atoms with E-state index < -0.39 is 23.0 Å². The summed E-state index contributed by atoms with van der Waals surface area (Å²) in [5.41, 5.74) is 2.41. The number of nitrogens with one attached hydrogen (secondary N) is 3. The fraction of sp³-hybridized carbons (Fsp3) is 0.100. The molecule has 4 N–H and O–H groups in total. The van der Waals surface area contributed by atoms with Gasteiger partial charge in [0, 0.05) is 33.5 Å². The van der Waals surface area contributed by atoms with Crippen molar-refractivity contribution >= 4 is 52.9 Å². The van der Waals surface area contributed by atoms with Crippen molar-refractivity contribution in [1.29, 1.82) is 0 Å². The average Bonchev–Trinajstić information content (AvgIpc) is 3.17. The molecule has 1 unspecified atom stereocenters. The molecular weight excluding hydrogens is 683 g/mol. The highest BCUT2D eigenvalue weighted by molar-refractivity contribution is 8.00. The minimum Gasteiger partial charge on any atom is -0.496 e. The Balaban J connectivity index is 1.42. The van der Waals surface area contributed by atoms with Crippen LogP contribution in [-0.2, 0) is 9.59 Å². The predicted molar refractivity (Wildman–Crippen MR) is 200 cm³/mol. The van der Waals surface area contributed by atoms with Gasteiger partial charge in [0.05, 0.1) is 26.9 Å². The number of benzene rings is 5. The standard InChI is InChI=1S/C40H35N3O8S/c1-49-33-24-35(51-3)34(50-2)22-28(33)21-32(43-37(44)26-13-8-5-9-14-26)38(45)42-30-15-10-16-31(23-30)52-36(25-11-6-4-7-12-25)39(46)41-29-19-17-27(18-20-29)40(47)48/h4-24,36H,1-3H3,(H,41,46)(H,42,45)(H,43,44)(H,47,48)/b32-21+. The van der Waals surface area contributed by atoms with E-state index in [1.165, 1.54) is 63.4 Å². The van der Waals surface area contributed by atoms with Gasteiger partial charge < -0.3 is 35.3 Å². The number of carboxylic acids is 1. The molecule has 5 aromatic rings. The summed E-state index contributed by atoms with van der Waals surface area (Å²) < 4.78 is 16.4. The molecule has 0 saturated carbocycles. The number of carbonyl (C=O) groups excluding carboxylic acids is 3. The number of rotatable bonds is 14. The Hall–Kier alpha value is -6.53. The van der Waals surface area contributed by atoms with Crippen LogP contribution in [0.15, 0.2) is 132 Å². The van der Waals surface area contributed by atoms with Crippen LogP contribution in [0.3, 0.4) is 0 Å². The summed E-state index contributed by atoms with van der Waals surface area (Å²) in [4.78, 5) is 52.7. The van der Waals surface area contributed by atoms with E-state index in [0.29, 0.717) is 44.6 Å². The van der Waals surface area contributed by atoms with Crippen LogP contribution >= 0.6 is 11.8 Å². The number of amides is 3. The Morgan fingerprint density at radius 1 is 0.654 bits per heavy atom. The minimum atomic E-state index is -1.07. The zero-order chi connectivity index (χ0) is 37.0. The topological polar surface area (TPSA) is 152 Å². The van der Waals surface area contributed by atoms with E-state index >= 15 is 0 Å². The van der Waals surface area contributed by atoms with E-state index in [1.807, 2.05) is 36.4 Å². The molecule has 0 bridgehead atoms. The summed E-state index contributed by atoms with van der Waals surface area (Å²) in [5, 5.41) is 17.0. The number of anilines is 2. The maximum absolute atomic E-state index is 13.9. The molecule has 11 nitrogen and oxygen atoms in total. The van der Waals surface area contributed by atoms with Crippen molar-refractivity contribution in [3.8, 4) is 17.2 Å². The van der Waals surface area contributed by atoms with Crippen LogP contribution in [0.2, 0.25) is 0 Å². The zero-order valence-corrected chi connectivity index (χ0v) is 29.2. The Labute approximate surface area is 304 Å². The maximum atomic E-state index is 13.9. The normalized spacial score (nSPS) is 11.5. The fourth-order valence-corrected chi connectivity index (χ4v) is 6.13. The SMILES string of the molecule is COc1cc(OC)c(OC)cc1/C=C(/NC(=O)c1ccccc1)C(=O)Nc1cccc(SC(C(=O)Nc2ccc(C(=O)O)cc2)c2ccccc2)c1. The number of thioether (sulfide) groups is 1. The Morgan fingerprint density at radius 2 is 1.29 bits per heavy atom. The van der Waals surface area contributed by atoms with Gasteiger partial charge in [-0.1, -0.05) is 54.6 Å². The highest BCUT2D eigenvalue weighted by Crippen LogP contribution is 2.38. The maximum Gasteiger partial charge on any atom is 0.335 e. The first kappa shape index (κ1) is 36.7. The van der Waals surface area contributed by atoms with E-state index in [4.69, 9.17) is 14.2 Å². The number of hydrogen-bond donors (Lipinski definition) is 4. The quantitative estimate of drug-likeness (QED) is 0.0685. The van der Waals surface area contributed by atoms with Crippen LogP contribution in [0.25, 0.3) is 6.08 Å². The second kappa shape index (κ2) is 17.4. The summed E-state index contributed by atoms with van der Waals surface area (Å²) in [6.45, 7) is 0. The molecule has 0 radical (unpaired) electrons. The van der Waals surface area contributed by atoms with E-state index in [2.05, 4.69) is 16.0 Å². The lowest BCUT2D eigenvalue weighted by Crippen LogP contribution is -2.30. The molecule has 0 heterocycles. The largest absolute Gasteiger partial charge is 0.496 e. The van der Waals surface area contributed by atoms with Crippen LogP contribution < -0.4 is 30.2 Å². The molecule has 1 atom stereocenters. The number of aromatic carboxylic acids is 1. The molecule has 0 spiro atoms. The van der Waals surface area contributed by atoms with Gasteiger partial charge >= 0.3 is 5.97 Å². The first-order valence-electron chi connectivity index (χ1n) is 15.8. The average molecular weight is 718 g/mol. The number of carbonyl (C=O) groups is 4. The van der Waals surface area contributed by atoms with Crippen molar-refractivity contribution in [3.63, 3.8) is 0 Å². The molecule has 5 aromatic carbocycles. The monoisotopic (exact) mass is 717 g/mol. The minimum absolute atomic E-state index is 0.0760. The molecule has 0 aliphatic carbocycles. The van der Waals surface area contributed by atoms with E-state index in [9.17, 15) is 24.3 Å². The predicted octanol–water partition coefficient (Wildman–Crippen LogP) is 7.29. The van der Waals surface area contributed by atoms with Gasteiger partial charge in [0.25, 0.3) is 11.8 Å². The van der Waals surface area contributed by atoms with Gasteiger partial charge in [-0.15, -0.1) is 11.8 Å². The van der Waals surface area contributed by atoms with Gasteiger partial charge in [-0.25, -0.2) is 4.79 Å². The fourth-order valence-electron chi connectivity index (χ4n) is 5.05.